The third-order valence-electron chi connectivity index (χ3n) is 3.93. The normalized spacial score (nSPS) is 20.2. The van der Waals surface area contributed by atoms with E-state index < -0.39 is 0 Å². The highest BCUT2D eigenvalue weighted by Crippen LogP contribution is 2.28. The van der Waals surface area contributed by atoms with Crippen molar-refractivity contribution in [1.29, 1.82) is 0 Å². The van der Waals surface area contributed by atoms with Crippen LogP contribution < -0.4 is 10.6 Å². The third kappa shape index (κ3) is 5.76. The van der Waals surface area contributed by atoms with Crippen LogP contribution in [0.1, 0.15) is 19.3 Å². The van der Waals surface area contributed by atoms with Gasteiger partial charge in [0.2, 0.25) is 5.91 Å². The third-order valence-corrected chi connectivity index (χ3v) is 3.93. The second-order valence-electron chi connectivity index (χ2n) is 5.90. The van der Waals surface area contributed by atoms with Gasteiger partial charge in [0.1, 0.15) is 0 Å². The fourth-order valence-electron chi connectivity index (χ4n) is 2.74. The predicted octanol–water partition coefficient (Wildman–Crippen LogP) is 2.55. The van der Waals surface area contributed by atoms with E-state index in [1.165, 1.54) is 0 Å². The number of rotatable bonds is 5. The largest absolute Gasteiger partial charge is 0.328 e. The molecule has 2 atom stereocenters. The number of likely N-dealkylation sites (N-methyl/N-ethyl adjacent to an activating group) is 1. The van der Waals surface area contributed by atoms with Crippen LogP contribution in [0.4, 0.5) is 5.69 Å². The Morgan fingerprint density at radius 2 is 1.77 bits per heavy atom. The maximum Gasteiger partial charge on any atom is 0.230 e. The van der Waals surface area contributed by atoms with Crippen LogP contribution in [-0.4, -0.2) is 44.0 Å². The van der Waals surface area contributed by atoms with Gasteiger partial charge in [-0.2, -0.15) is 0 Å². The minimum absolute atomic E-state index is 0. The first-order chi connectivity index (χ1) is 9.58. The highest BCUT2D eigenvalue weighted by molar-refractivity contribution is 5.95. The molecule has 2 N–H and O–H groups in total. The molecule has 2 rings (SSSR count). The zero-order valence-electron chi connectivity index (χ0n) is 13.3. The Labute approximate surface area is 145 Å². The minimum atomic E-state index is 0. The number of nitrogens with two attached hydrogens (primary N) is 1. The molecular weight excluding hydrogens is 321 g/mol. The van der Waals surface area contributed by atoms with Crippen LogP contribution in [-0.2, 0) is 4.79 Å². The van der Waals surface area contributed by atoms with Crippen molar-refractivity contribution in [3.05, 3.63) is 30.3 Å². The monoisotopic (exact) mass is 347 g/mol. The van der Waals surface area contributed by atoms with Crippen LogP contribution >= 0.6 is 24.8 Å². The SMILES string of the molecule is CN(C)CCN(C(=O)C1CCC(N)C1)c1ccccc1.Cl.Cl. The second-order valence-corrected chi connectivity index (χ2v) is 5.90. The van der Waals surface area contributed by atoms with Gasteiger partial charge in [0.05, 0.1) is 0 Å². The average molecular weight is 348 g/mol. The first-order valence-electron chi connectivity index (χ1n) is 7.34. The van der Waals surface area contributed by atoms with Crippen LogP contribution in [0, 0.1) is 5.92 Å². The summed E-state index contributed by atoms with van der Waals surface area (Å²) < 4.78 is 0. The summed E-state index contributed by atoms with van der Waals surface area (Å²) in [6, 6.07) is 10.1. The number of carbonyl (C=O) groups is 1. The second kappa shape index (κ2) is 10.1. The number of para-hydroxylation sites is 1. The number of halogens is 2. The lowest BCUT2D eigenvalue weighted by Gasteiger charge is -2.27. The molecule has 0 bridgehead atoms. The van der Waals surface area contributed by atoms with E-state index in [0.29, 0.717) is 0 Å². The van der Waals surface area contributed by atoms with Gasteiger partial charge in [0.25, 0.3) is 0 Å². The van der Waals surface area contributed by atoms with Crippen LogP contribution in [0.2, 0.25) is 0 Å². The number of benzene rings is 1. The molecule has 1 aliphatic carbocycles. The Balaban J connectivity index is 0.00000220. The standard InChI is InChI=1S/C16H25N3O.2ClH/c1-18(2)10-11-19(15-6-4-3-5-7-15)16(20)13-8-9-14(17)12-13;;/h3-7,13-14H,8-12,17H2,1-2H3;2*1H. The highest BCUT2D eigenvalue weighted by Gasteiger charge is 2.31. The molecule has 6 heteroatoms. The maximum atomic E-state index is 12.8. The number of amides is 1. The predicted molar refractivity (Wildman–Crippen MR) is 97.2 cm³/mol. The molecule has 0 spiro atoms. The lowest BCUT2D eigenvalue weighted by Crippen LogP contribution is -2.40. The molecule has 1 aromatic carbocycles. The fraction of sp³-hybridized carbons (Fsp3) is 0.562. The Kier molecular flexibility index (Phi) is 9.69. The molecule has 1 amide bonds. The van der Waals surface area contributed by atoms with Gasteiger partial charge < -0.3 is 15.5 Å². The topological polar surface area (TPSA) is 49.6 Å². The number of nitrogens with zero attached hydrogens (tertiary/aromatic N) is 2. The van der Waals surface area contributed by atoms with Crippen LogP contribution in [0.25, 0.3) is 0 Å². The van der Waals surface area contributed by atoms with Gasteiger partial charge >= 0.3 is 0 Å². The van der Waals surface area contributed by atoms with Gasteiger partial charge in [-0.25, -0.2) is 0 Å². The summed E-state index contributed by atoms with van der Waals surface area (Å²) in [6.45, 7) is 1.58. The van der Waals surface area contributed by atoms with Crippen molar-refractivity contribution in [1.82, 2.24) is 4.90 Å². The fourth-order valence-corrected chi connectivity index (χ4v) is 2.74. The van der Waals surface area contributed by atoms with Gasteiger partial charge in [-0.3, -0.25) is 4.79 Å². The molecule has 126 valence electrons. The van der Waals surface area contributed by atoms with Gasteiger partial charge in [-0.15, -0.1) is 24.8 Å². The van der Waals surface area contributed by atoms with E-state index in [4.69, 9.17) is 5.73 Å². The summed E-state index contributed by atoms with van der Waals surface area (Å²) in [4.78, 5) is 16.8. The lowest BCUT2D eigenvalue weighted by atomic mass is 10.1. The molecule has 0 radical (unpaired) electrons. The first-order valence-corrected chi connectivity index (χ1v) is 7.34. The van der Waals surface area contributed by atoms with E-state index in [0.717, 1.165) is 38.0 Å². The van der Waals surface area contributed by atoms with E-state index in [-0.39, 0.29) is 42.7 Å². The highest BCUT2D eigenvalue weighted by atomic mass is 35.5. The summed E-state index contributed by atoms with van der Waals surface area (Å²) in [6.07, 6.45) is 2.71. The lowest BCUT2D eigenvalue weighted by molar-refractivity contribution is -0.122. The van der Waals surface area contributed by atoms with Crippen molar-refractivity contribution in [3.8, 4) is 0 Å². The number of anilines is 1. The Morgan fingerprint density at radius 3 is 2.27 bits per heavy atom. The van der Waals surface area contributed by atoms with Crippen molar-refractivity contribution < 1.29 is 4.79 Å². The molecule has 1 aliphatic rings. The smallest absolute Gasteiger partial charge is 0.230 e. The summed E-state index contributed by atoms with van der Waals surface area (Å²) in [7, 11) is 4.05. The van der Waals surface area contributed by atoms with E-state index in [9.17, 15) is 4.79 Å². The molecule has 2 unspecified atom stereocenters. The van der Waals surface area contributed by atoms with Crippen molar-refractivity contribution in [2.24, 2.45) is 11.7 Å². The molecule has 1 aromatic rings. The quantitative estimate of drug-likeness (QED) is 0.890. The molecule has 0 saturated heterocycles. The van der Waals surface area contributed by atoms with Crippen molar-refractivity contribution in [2.75, 3.05) is 32.1 Å². The van der Waals surface area contributed by atoms with Gasteiger partial charge in [-0.05, 0) is 45.5 Å². The summed E-state index contributed by atoms with van der Waals surface area (Å²) in [5.41, 5.74) is 6.93. The van der Waals surface area contributed by atoms with E-state index in [2.05, 4.69) is 4.90 Å². The summed E-state index contributed by atoms with van der Waals surface area (Å²) >= 11 is 0. The zero-order valence-corrected chi connectivity index (χ0v) is 14.9. The van der Waals surface area contributed by atoms with Gasteiger partial charge in [0.15, 0.2) is 0 Å². The summed E-state index contributed by atoms with van der Waals surface area (Å²) in [5, 5.41) is 0. The molecule has 0 aromatic heterocycles. The van der Waals surface area contributed by atoms with Crippen LogP contribution in [0.5, 0.6) is 0 Å². The van der Waals surface area contributed by atoms with Gasteiger partial charge in [-0.1, -0.05) is 18.2 Å². The first kappa shape index (κ1) is 21.2. The molecular formula is C16H27Cl2N3O. The minimum Gasteiger partial charge on any atom is -0.328 e. The van der Waals surface area contributed by atoms with E-state index >= 15 is 0 Å². The summed E-state index contributed by atoms with van der Waals surface area (Å²) in [5.74, 6) is 0.318. The number of hydrogen-bond donors (Lipinski definition) is 1. The Bertz CT molecular complexity index is 442. The Hall–Kier alpha value is -0.810. The maximum absolute atomic E-state index is 12.8. The molecule has 0 heterocycles. The molecule has 4 nitrogen and oxygen atoms in total. The Morgan fingerprint density at radius 1 is 1.14 bits per heavy atom. The van der Waals surface area contributed by atoms with Crippen molar-refractivity contribution in [3.63, 3.8) is 0 Å². The molecule has 1 saturated carbocycles. The number of carbonyl (C=O) groups excluding carboxylic acids is 1. The van der Waals surface area contributed by atoms with Crippen molar-refractivity contribution in [2.45, 2.75) is 25.3 Å². The molecule has 1 fully saturated rings. The molecule has 0 aliphatic heterocycles. The van der Waals surface area contributed by atoms with E-state index in [1.807, 2.05) is 49.3 Å². The molecule has 22 heavy (non-hydrogen) atoms. The van der Waals surface area contributed by atoms with Gasteiger partial charge in [0, 0.05) is 30.7 Å². The zero-order chi connectivity index (χ0) is 14.5. The average Bonchev–Trinajstić information content (AvgIpc) is 2.86. The van der Waals surface area contributed by atoms with E-state index in [1.54, 1.807) is 0 Å². The number of hydrogen-bond acceptors (Lipinski definition) is 3. The van der Waals surface area contributed by atoms with Crippen LogP contribution in [0.3, 0.4) is 0 Å². The van der Waals surface area contributed by atoms with Crippen LogP contribution in [0.15, 0.2) is 30.3 Å². The van der Waals surface area contributed by atoms with Crippen molar-refractivity contribution >= 4 is 36.4 Å².